The van der Waals surface area contributed by atoms with E-state index >= 15 is 0 Å². The Labute approximate surface area is 112 Å². The topological polar surface area (TPSA) is 25.8 Å². The molecule has 0 N–H and O–H groups in total. The summed E-state index contributed by atoms with van der Waals surface area (Å²) in [6.45, 7) is 3.97. The van der Waals surface area contributed by atoms with Crippen molar-refractivity contribution in [1.29, 1.82) is 0 Å². The quantitative estimate of drug-likeness (QED) is 0.780. The first kappa shape index (κ1) is 12.6. The zero-order chi connectivity index (χ0) is 12.4. The summed E-state index contributed by atoms with van der Waals surface area (Å²) >= 11 is 5.10. The predicted octanol–water partition coefficient (Wildman–Crippen LogP) is 4.50. The lowest BCUT2D eigenvalue weighted by Gasteiger charge is -2.01. The van der Waals surface area contributed by atoms with E-state index in [4.69, 9.17) is 0 Å². The standard InChI is InChI=1S/C12H12BrFN2S/c1-3-10(13)12-16-15-11(17-12)9-5-4-8(14)6-7(9)2/h4-6,10H,3H2,1-2H3. The third kappa shape index (κ3) is 2.72. The van der Waals surface area contributed by atoms with E-state index in [1.165, 1.54) is 12.1 Å². The van der Waals surface area contributed by atoms with Gasteiger partial charge in [-0.15, -0.1) is 10.2 Å². The van der Waals surface area contributed by atoms with Crippen LogP contribution in [0.1, 0.15) is 28.7 Å². The van der Waals surface area contributed by atoms with E-state index in [1.807, 2.05) is 6.92 Å². The summed E-state index contributed by atoms with van der Waals surface area (Å²) in [5, 5.41) is 10.1. The van der Waals surface area contributed by atoms with E-state index in [-0.39, 0.29) is 10.6 Å². The highest BCUT2D eigenvalue weighted by atomic mass is 79.9. The third-order valence-electron chi connectivity index (χ3n) is 2.49. The van der Waals surface area contributed by atoms with E-state index in [0.717, 1.165) is 27.6 Å². The van der Waals surface area contributed by atoms with Crippen LogP contribution in [0.3, 0.4) is 0 Å². The summed E-state index contributed by atoms with van der Waals surface area (Å²) in [7, 11) is 0. The Kier molecular flexibility index (Phi) is 3.89. The Bertz CT molecular complexity index is 527. The molecule has 17 heavy (non-hydrogen) atoms. The fourth-order valence-electron chi connectivity index (χ4n) is 1.51. The first-order chi connectivity index (χ1) is 8.11. The molecule has 0 amide bonds. The van der Waals surface area contributed by atoms with Crippen LogP contribution >= 0.6 is 27.3 Å². The van der Waals surface area contributed by atoms with Crippen molar-refractivity contribution in [3.8, 4) is 10.6 Å². The van der Waals surface area contributed by atoms with Crippen molar-refractivity contribution in [3.63, 3.8) is 0 Å². The largest absolute Gasteiger partial charge is 0.207 e. The molecule has 0 fully saturated rings. The molecule has 0 radical (unpaired) electrons. The van der Waals surface area contributed by atoms with Crippen LogP contribution in [0.5, 0.6) is 0 Å². The second kappa shape index (κ2) is 5.23. The number of alkyl halides is 1. The summed E-state index contributed by atoms with van der Waals surface area (Å²) in [6, 6.07) is 4.72. The highest BCUT2D eigenvalue weighted by Crippen LogP contribution is 2.33. The number of rotatable bonds is 3. The molecule has 1 atom stereocenters. The molecule has 0 spiro atoms. The van der Waals surface area contributed by atoms with Gasteiger partial charge in [0.15, 0.2) is 0 Å². The highest BCUT2D eigenvalue weighted by Gasteiger charge is 2.14. The first-order valence-electron chi connectivity index (χ1n) is 5.35. The Morgan fingerprint density at radius 3 is 2.82 bits per heavy atom. The number of hydrogen-bond donors (Lipinski definition) is 0. The number of hydrogen-bond acceptors (Lipinski definition) is 3. The SMILES string of the molecule is CCC(Br)c1nnc(-c2ccc(F)cc2C)s1. The molecule has 2 aromatic rings. The molecule has 1 aromatic carbocycles. The van der Waals surface area contributed by atoms with Crippen LogP contribution in [0.15, 0.2) is 18.2 Å². The van der Waals surface area contributed by atoms with Crippen LogP contribution in [-0.4, -0.2) is 10.2 Å². The van der Waals surface area contributed by atoms with E-state index in [0.29, 0.717) is 0 Å². The molecule has 0 aliphatic heterocycles. The van der Waals surface area contributed by atoms with Gasteiger partial charge in [-0.05, 0) is 37.1 Å². The Morgan fingerprint density at radius 1 is 1.41 bits per heavy atom. The Balaban J connectivity index is 2.37. The molecule has 90 valence electrons. The van der Waals surface area contributed by atoms with Gasteiger partial charge < -0.3 is 0 Å². The lowest BCUT2D eigenvalue weighted by Crippen LogP contribution is -1.85. The van der Waals surface area contributed by atoms with Crippen LogP contribution in [0, 0.1) is 12.7 Å². The van der Waals surface area contributed by atoms with Crippen molar-refractivity contribution in [2.24, 2.45) is 0 Å². The number of aromatic nitrogens is 2. The molecule has 0 bridgehead atoms. The number of benzene rings is 1. The van der Waals surface area contributed by atoms with E-state index in [2.05, 4.69) is 33.1 Å². The maximum absolute atomic E-state index is 13.0. The molecule has 1 aromatic heterocycles. The van der Waals surface area contributed by atoms with Gasteiger partial charge in [0.1, 0.15) is 15.8 Å². The van der Waals surface area contributed by atoms with Gasteiger partial charge in [0.2, 0.25) is 0 Å². The minimum absolute atomic E-state index is 0.220. The monoisotopic (exact) mass is 314 g/mol. The Morgan fingerprint density at radius 2 is 2.18 bits per heavy atom. The van der Waals surface area contributed by atoms with Crippen molar-refractivity contribution in [2.75, 3.05) is 0 Å². The molecule has 0 aliphatic rings. The maximum atomic E-state index is 13.0. The fourth-order valence-corrected chi connectivity index (χ4v) is 2.88. The van der Waals surface area contributed by atoms with Crippen LogP contribution in [0.2, 0.25) is 0 Å². The number of nitrogens with zero attached hydrogens (tertiary/aromatic N) is 2. The summed E-state index contributed by atoms with van der Waals surface area (Å²) in [4.78, 5) is 0.245. The average Bonchev–Trinajstić information content (AvgIpc) is 2.77. The smallest absolute Gasteiger partial charge is 0.148 e. The second-order valence-corrected chi connectivity index (χ2v) is 5.89. The number of aryl methyl sites for hydroxylation is 1. The molecule has 1 unspecified atom stereocenters. The zero-order valence-corrected chi connectivity index (χ0v) is 12.0. The lowest BCUT2D eigenvalue weighted by molar-refractivity contribution is 0.627. The van der Waals surface area contributed by atoms with Gasteiger partial charge in [0.05, 0.1) is 4.83 Å². The Hall–Kier alpha value is -0.810. The van der Waals surface area contributed by atoms with E-state index < -0.39 is 0 Å². The molecule has 2 rings (SSSR count). The molecule has 2 nitrogen and oxygen atoms in total. The minimum Gasteiger partial charge on any atom is -0.207 e. The summed E-state index contributed by atoms with van der Waals surface area (Å²) in [5.41, 5.74) is 1.83. The van der Waals surface area contributed by atoms with Gasteiger partial charge >= 0.3 is 0 Å². The maximum Gasteiger partial charge on any atom is 0.148 e. The summed E-state index contributed by atoms with van der Waals surface area (Å²) in [5.74, 6) is -0.220. The van der Waals surface area contributed by atoms with Crippen LogP contribution < -0.4 is 0 Å². The zero-order valence-electron chi connectivity index (χ0n) is 9.58. The van der Waals surface area contributed by atoms with Crippen molar-refractivity contribution in [1.82, 2.24) is 10.2 Å². The predicted molar refractivity (Wildman–Crippen MR) is 72.0 cm³/mol. The van der Waals surface area contributed by atoms with Crippen LogP contribution in [0.4, 0.5) is 4.39 Å². The lowest BCUT2D eigenvalue weighted by atomic mass is 10.1. The van der Waals surface area contributed by atoms with Gasteiger partial charge in [0, 0.05) is 5.56 Å². The van der Waals surface area contributed by atoms with E-state index in [9.17, 15) is 4.39 Å². The van der Waals surface area contributed by atoms with Crippen LogP contribution in [0.25, 0.3) is 10.6 Å². The van der Waals surface area contributed by atoms with Crippen molar-refractivity contribution < 1.29 is 4.39 Å². The molecule has 0 saturated carbocycles. The van der Waals surface area contributed by atoms with Gasteiger partial charge in [-0.1, -0.05) is 34.2 Å². The molecule has 0 aliphatic carbocycles. The third-order valence-corrected chi connectivity index (χ3v) is 4.94. The first-order valence-corrected chi connectivity index (χ1v) is 7.09. The van der Waals surface area contributed by atoms with Crippen LogP contribution in [-0.2, 0) is 0 Å². The van der Waals surface area contributed by atoms with Crippen molar-refractivity contribution in [2.45, 2.75) is 25.1 Å². The summed E-state index contributed by atoms with van der Waals surface area (Å²) < 4.78 is 13.0. The molecular formula is C12H12BrFN2S. The van der Waals surface area contributed by atoms with Crippen molar-refractivity contribution in [3.05, 3.63) is 34.6 Å². The van der Waals surface area contributed by atoms with Gasteiger partial charge in [-0.25, -0.2) is 4.39 Å². The fraction of sp³-hybridized carbons (Fsp3) is 0.333. The van der Waals surface area contributed by atoms with Gasteiger partial charge in [0.25, 0.3) is 0 Å². The minimum atomic E-state index is -0.220. The normalized spacial score (nSPS) is 12.7. The van der Waals surface area contributed by atoms with Gasteiger partial charge in [-0.3, -0.25) is 0 Å². The average molecular weight is 315 g/mol. The second-order valence-electron chi connectivity index (χ2n) is 3.78. The highest BCUT2D eigenvalue weighted by molar-refractivity contribution is 9.09. The van der Waals surface area contributed by atoms with E-state index in [1.54, 1.807) is 17.4 Å². The van der Waals surface area contributed by atoms with Crippen molar-refractivity contribution >= 4 is 27.3 Å². The molecule has 1 heterocycles. The molecule has 0 saturated heterocycles. The summed E-state index contributed by atoms with van der Waals surface area (Å²) in [6.07, 6.45) is 0.969. The van der Waals surface area contributed by atoms with Gasteiger partial charge in [-0.2, -0.15) is 0 Å². The number of halogens is 2. The molecule has 5 heteroatoms. The molecular weight excluding hydrogens is 303 g/mol.